The molecule has 5 aromatic rings. The second kappa shape index (κ2) is 8.01. The molecular formula is C30H27BN2O2. The molecule has 1 aliphatic rings. The van der Waals surface area contributed by atoms with Gasteiger partial charge in [-0.25, -0.2) is 9.97 Å². The van der Waals surface area contributed by atoms with E-state index in [-0.39, 0.29) is 0 Å². The van der Waals surface area contributed by atoms with Crippen molar-refractivity contribution in [3.63, 3.8) is 0 Å². The van der Waals surface area contributed by atoms with E-state index >= 15 is 0 Å². The van der Waals surface area contributed by atoms with Crippen molar-refractivity contribution >= 4 is 34.3 Å². The molecule has 1 fully saturated rings. The van der Waals surface area contributed by atoms with Crippen LogP contribution in [0.25, 0.3) is 44.3 Å². The van der Waals surface area contributed by atoms with E-state index in [1.54, 1.807) is 0 Å². The number of hydrogen-bond acceptors (Lipinski definition) is 4. The lowest BCUT2D eigenvalue weighted by atomic mass is 9.75. The quantitative estimate of drug-likeness (QED) is 0.293. The third-order valence-electron chi connectivity index (χ3n) is 7.36. The van der Waals surface area contributed by atoms with Crippen LogP contribution in [0.2, 0.25) is 0 Å². The molecule has 2 heterocycles. The molecule has 1 saturated heterocycles. The summed E-state index contributed by atoms with van der Waals surface area (Å²) in [7, 11) is -0.434. The van der Waals surface area contributed by atoms with Gasteiger partial charge in [-0.2, -0.15) is 0 Å². The van der Waals surface area contributed by atoms with Gasteiger partial charge in [-0.05, 0) is 50.0 Å². The molecule has 0 N–H and O–H groups in total. The summed E-state index contributed by atoms with van der Waals surface area (Å²) >= 11 is 0. The van der Waals surface area contributed by atoms with Crippen molar-refractivity contribution in [3.05, 3.63) is 91.0 Å². The lowest BCUT2D eigenvalue weighted by Crippen LogP contribution is -2.41. The number of benzene rings is 4. The molecule has 4 nitrogen and oxygen atoms in total. The van der Waals surface area contributed by atoms with E-state index in [1.807, 2.05) is 36.4 Å². The number of nitrogens with zero attached hydrogens (tertiary/aromatic N) is 2. The molecule has 35 heavy (non-hydrogen) atoms. The Bertz CT molecular complexity index is 1550. The van der Waals surface area contributed by atoms with Crippen molar-refractivity contribution in [1.82, 2.24) is 9.97 Å². The fraction of sp³-hybridized carbons (Fsp3) is 0.200. The van der Waals surface area contributed by atoms with Crippen molar-refractivity contribution in [1.29, 1.82) is 0 Å². The summed E-state index contributed by atoms with van der Waals surface area (Å²) in [6, 6.07) is 31.0. The molecule has 0 aliphatic carbocycles. The largest absolute Gasteiger partial charge is 0.495 e. The number of hydrogen-bond donors (Lipinski definition) is 0. The highest BCUT2D eigenvalue weighted by Crippen LogP contribution is 2.38. The van der Waals surface area contributed by atoms with Crippen LogP contribution in [0.4, 0.5) is 0 Å². The van der Waals surface area contributed by atoms with Crippen molar-refractivity contribution in [2.75, 3.05) is 0 Å². The van der Waals surface area contributed by atoms with Crippen LogP contribution in [0.5, 0.6) is 0 Å². The second-order valence-corrected chi connectivity index (χ2v) is 10.1. The highest BCUT2D eigenvalue weighted by molar-refractivity contribution is 6.65. The Balaban J connectivity index is 1.55. The minimum absolute atomic E-state index is 0.399. The molecule has 0 amide bonds. The summed E-state index contributed by atoms with van der Waals surface area (Å²) in [5.41, 5.74) is 4.15. The van der Waals surface area contributed by atoms with Gasteiger partial charge in [0.15, 0.2) is 5.82 Å². The average molecular weight is 458 g/mol. The fourth-order valence-electron chi connectivity index (χ4n) is 4.71. The van der Waals surface area contributed by atoms with Gasteiger partial charge in [0, 0.05) is 16.5 Å². The van der Waals surface area contributed by atoms with E-state index in [0.29, 0.717) is 5.82 Å². The lowest BCUT2D eigenvalue weighted by Gasteiger charge is -2.32. The summed E-state index contributed by atoms with van der Waals surface area (Å²) in [6.07, 6.45) is 0. The maximum Gasteiger partial charge on any atom is 0.495 e. The molecule has 0 atom stereocenters. The van der Waals surface area contributed by atoms with E-state index < -0.39 is 18.3 Å². The minimum Gasteiger partial charge on any atom is -0.399 e. The van der Waals surface area contributed by atoms with Gasteiger partial charge in [0.25, 0.3) is 0 Å². The smallest absolute Gasteiger partial charge is 0.399 e. The molecule has 1 aliphatic heterocycles. The summed E-state index contributed by atoms with van der Waals surface area (Å²) < 4.78 is 12.8. The zero-order chi connectivity index (χ0) is 24.2. The first-order chi connectivity index (χ1) is 16.8. The van der Waals surface area contributed by atoms with Gasteiger partial charge in [-0.1, -0.05) is 84.9 Å². The zero-order valence-corrected chi connectivity index (χ0v) is 20.4. The number of rotatable bonds is 3. The van der Waals surface area contributed by atoms with Crippen molar-refractivity contribution < 1.29 is 9.31 Å². The zero-order valence-electron chi connectivity index (χ0n) is 20.4. The molecule has 1 aromatic heterocycles. The molecule has 172 valence electrons. The van der Waals surface area contributed by atoms with E-state index in [4.69, 9.17) is 19.3 Å². The van der Waals surface area contributed by atoms with Crippen molar-refractivity contribution in [2.24, 2.45) is 0 Å². The second-order valence-electron chi connectivity index (χ2n) is 10.1. The Hall–Kier alpha value is -3.54. The van der Waals surface area contributed by atoms with Crippen LogP contribution in [-0.4, -0.2) is 28.3 Å². The topological polar surface area (TPSA) is 44.2 Å². The normalized spacial score (nSPS) is 16.7. The standard InChI is InChI=1S/C30H27BN2O2/c1-29(2)30(3,4)35-31(34-29)25-19-18-23(21-14-8-9-15-22(21)25)28-32-26-17-11-10-16-24(26)27(33-28)20-12-6-5-7-13-20/h5-19H,1-4H3. The third-order valence-corrected chi connectivity index (χ3v) is 7.36. The maximum atomic E-state index is 6.38. The summed E-state index contributed by atoms with van der Waals surface area (Å²) in [5, 5.41) is 3.20. The Morgan fingerprint density at radius 3 is 1.91 bits per heavy atom. The molecule has 5 heteroatoms. The van der Waals surface area contributed by atoms with Gasteiger partial charge in [0.2, 0.25) is 0 Å². The predicted octanol–water partition coefficient (Wildman–Crippen LogP) is 6.42. The van der Waals surface area contributed by atoms with E-state index in [0.717, 1.165) is 44.0 Å². The van der Waals surface area contributed by atoms with Crippen LogP contribution in [0, 0.1) is 0 Å². The first kappa shape index (κ1) is 22.0. The fourth-order valence-corrected chi connectivity index (χ4v) is 4.71. The van der Waals surface area contributed by atoms with Crippen molar-refractivity contribution in [2.45, 2.75) is 38.9 Å². The van der Waals surface area contributed by atoms with Crippen LogP contribution in [0.15, 0.2) is 91.0 Å². The summed E-state index contributed by atoms with van der Waals surface area (Å²) in [6.45, 7) is 8.32. The van der Waals surface area contributed by atoms with Gasteiger partial charge in [-0.3, -0.25) is 0 Å². The van der Waals surface area contributed by atoms with Crippen LogP contribution < -0.4 is 5.46 Å². The maximum absolute atomic E-state index is 6.38. The number of fused-ring (bicyclic) bond motifs is 2. The Labute approximate surface area is 206 Å². The molecule has 0 unspecified atom stereocenters. The highest BCUT2D eigenvalue weighted by atomic mass is 16.7. The first-order valence-corrected chi connectivity index (χ1v) is 12.0. The average Bonchev–Trinajstić information content (AvgIpc) is 3.09. The monoisotopic (exact) mass is 458 g/mol. The van der Waals surface area contributed by atoms with E-state index in [2.05, 4.69) is 82.3 Å². The predicted molar refractivity (Wildman–Crippen MR) is 144 cm³/mol. The third kappa shape index (κ3) is 3.63. The SMILES string of the molecule is CC1(C)OB(c2ccc(-c3nc(-c4ccccc4)c4ccccc4n3)c3ccccc23)OC1(C)C. The first-order valence-electron chi connectivity index (χ1n) is 12.0. The van der Waals surface area contributed by atoms with Gasteiger partial charge in [-0.15, -0.1) is 0 Å². The molecule has 0 radical (unpaired) electrons. The molecule has 0 spiro atoms. The van der Waals surface area contributed by atoms with Crippen molar-refractivity contribution in [3.8, 4) is 22.6 Å². The summed E-state index contributed by atoms with van der Waals surface area (Å²) in [4.78, 5) is 10.1. The van der Waals surface area contributed by atoms with Gasteiger partial charge in [0.05, 0.1) is 22.4 Å². The Morgan fingerprint density at radius 1 is 0.600 bits per heavy atom. The van der Waals surface area contributed by atoms with Gasteiger partial charge >= 0.3 is 7.12 Å². The summed E-state index contributed by atoms with van der Waals surface area (Å²) in [5.74, 6) is 0.708. The van der Waals surface area contributed by atoms with E-state index in [1.165, 1.54) is 0 Å². The van der Waals surface area contributed by atoms with Gasteiger partial charge < -0.3 is 9.31 Å². The highest BCUT2D eigenvalue weighted by Gasteiger charge is 2.52. The van der Waals surface area contributed by atoms with Crippen LogP contribution in [0.1, 0.15) is 27.7 Å². The lowest BCUT2D eigenvalue weighted by molar-refractivity contribution is 0.00578. The van der Waals surface area contributed by atoms with Crippen LogP contribution >= 0.6 is 0 Å². The minimum atomic E-state index is -0.434. The molecular weight excluding hydrogens is 431 g/mol. The van der Waals surface area contributed by atoms with Gasteiger partial charge in [0.1, 0.15) is 0 Å². The number of aromatic nitrogens is 2. The molecule has 0 saturated carbocycles. The molecule has 0 bridgehead atoms. The van der Waals surface area contributed by atoms with Crippen LogP contribution in [-0.2, 0) is 9.31 Å². The Morgan fingerprint density at radius 2 is 1.20 bits per heavy atom. The molecule has 6 rings (SSSR count). The molecule has 4 aromatic carbocycles. The van der Waals surface area contributed by atoms with Crippen LogP contribution in [0.3, 0.4) is 0 Å². The van der Waals surface area contributed by atoms with E-state index in [9.17, 15) is 0 Å². The number of para-hydroxylation sites is 1. The Kier molecular flexibility index (Phi) is 5.03.